The Hall–Kier alpha value is -0.800. The van der Waals surface area contributed by atoms with Gasteiger partial charge >= 0.3 is 0 Å². The van der Waals surface area contributed by atoms with Crippen LogP contribution in [-0.2, 0) is 11.2 Å². The Labute approximate surface area is 104 Å². The van der Waals surface area contributed by atoms with Gasteiger partial charge in [0, 0.05) is 30.6 Å². The van der Waals surface area contributed by atoms with Gasteiger partial charge in [-0.3, -0.25) is 0 Å². The van der Waals surface area contributed by atoms with Crippen LogP contribution in [0.3, 0.4) is 0 Å². The highest BCUT2D eigenvalue weighted by Crippen LogP contribution is 2.31. The SMILES string of the molecule is CCCNC(c1ccoc1CC)C1CCOC1. The van der Waals surface area contributed by atoms with Gasteiger partial charge in [0.05, 0.1) is 12.9 Å². The molecule has 3 nitrogen and oxygen atoms in total. The summed E-state index contributed by atoms with van der Waals surface area (Å²) in [6, 6.07) is 2.51. The molecule has 1 aliphatic heterocycles. The summed E-state index contributed by atoms with van der Waals surface area (Å²) in [6.45, 7) is 7.16. The van der Waals surface area contributed by atoms with E-state index in [2.05, 4.69) is 25.2 Å². The summed E-state index contributed by atoms with van der Waals surface area (Å²) in [5.41, 5.74) is 1.33. The molecule has 0 spiro atoms. The van der Waals surface area contributed by atoms with Crippen molar-refractivity contribution in [2.45, 2.75) is 39.2 Å². The monoisotopic (exact) mass is 237 g/mol. The van der Waals surface area contributed by atoms with Crippen molar-refractivity contribution in [1.82, 2.24) is 5.32 Å². The molecule has 1 fully saturated rings. The van der Waals surface area contributed by atoms with Crippen molar-refractivity contribution in [1.29, 1.82) is 0 Å². The molecule has 0 radical (unpaired) electrons. The maximum absolute atomic E-state index is 5.55. The first-order valence-corrected chi connectivity index (χ1v) is 6.74. The van der Waals surface area contributed by atoms with Crippen LogP contribution in [0.25, 0.3) is 0 Å². The van der Waals surface area contributed by atoms with E-state index in [1.165, 1.54) is 5.56 Å². The van der Waals surface area contributed by atoms with Crippen molar-refractivity contribution < 1.29 is 9.15 Å². The van der Waals surface area contributed by atoms with Crippen molar-refractivity contribution in [3.05, 3.63) is 23.7 Å². The molecule has 1 saturated heterocycles. The number of rotatable bonds is 6. The van der Waals surface area contributed by atoms with E-state index < -0.39 is 0 Å². The summed E-state index contributed by atoms with van der Waals surface area (Å²) in [4.78, 5) is 0. The van der Waals surface area contributed by atoms with Gasteiger partial charge in [0.15, 0.2) is 0 Å². The van der Waals surface area contributed by atoms with Gasteiger partial charge in [0.2, 0.25) is 0 Å². The van der Waals surface area contributed by atoms with Gasteiger partial charge in [-0.25, -0.2) is 0 Å². The highest BCUT2D eigenvalue weighted by molar-refractivity contribution is 5.22. The maximum Gasteiger partial charge on any atom is 0.108 e. The number of furan rings is 1. The van der Waals surface area contributed by atoms with Crippen molar-refractivity contribution in [3.63, 3.8) is 0 Å². The second-order valence-electron chi connectivity index (χ2n) is 4.71. The van der Waals surface area contributed by atoms with Gasteiger partial charge in [-0.1, -0.05) is 13.8 Å². The summed E-state index contributed by atoms with van der Waals surface area (Å²) >= 11 is 0. The van der Waals surface area contributed by atoms with Crippen molar-refractivity contribution in [2.24, 2.45) is 5.92 Å². The molecular weight excluding hydrogens is 214 g/mol. The predicted octanol–water partition coefficient (Wildman–Crippen LogP) is 2.92. The minimum absolute atomic E-state index is 0.395. The average Bonchev–Trinajstić information content (AvgIpc) is 3.00. The van der Waals surface area contributed by atoms with E-state index >= 15 is 0 Å². The molecule has 1 aliphatic rings. The average molecular weight is 237 g/mol. The molecule has 1 N–H and O–H groups in total. The van der Waals surface area contributed by atoms with Crippen molar-refractivity contribution in [2.75, 3.05) is 19.8 Å². The van der Waals surface area contributed by atoms with E-state index in [9.17, 15) is 0 Å². The van der Waals surface area contributed by atoms with Crippen LogP contribution >= 0.6 is 0 Å². The van der Waals surface area contributed by atoms with Crippen molar-refractivity contribution >= 4 is 0 Å². The largest absolute Gasteiger partial charge is 0.469 e. The fourth-order valence-corrected chi connectivity index (χ4v) is 2.56. The third-order valence-electron chi connectivity index (χ3n) is 3.49. The van der Waals surface area contributed by atoms with E-state index in [0.29, 0.717) is 12.0 Å². The lowest BCUT2D eigenvalue weighted by Crippen LogP contribution is -2.29. The van der Waals surface area contributed by atoms with E-state index in [-0.39, 0.29) is 0 Å². The molecule has 2 unspecified atom stereocenters. The van der Waals surface area contributed by atoms with Crippen LogP contribution < -0.4 is 5.32 Å². The molecular formula is C14H23NO2. The van der Waals surface area contributed by atoms with Gasteiger partial charge in [0.1, 0.15) is 5.76 Å². The topological polar surface area (TPSA) is 34.4 Å². The fraction of sp³-hybridized carbons (Fsp3) is 0.714. The Morgan fingerprint density at radius 3 is 3.00 bits per heavy atom. The fourth-order valence-electron chi connectivity index (χ4n) is 2.56. The highest BCUT2D eigenvalue weighted by Gasteiger charge is 2.28. The lowest BCUT2D eigenvalue weighted by molar-refractivity contribution is 0.176. The number of ether oxygens (including phenoxy) is 1. The minimum atomic E-state index is 0.395. The van der Waals surface area contributed by atoms with E-state index in [1.54, 1.807) is 0 Å². The molecule has 96 valence electrons. The second-order valence-corrected chi connectivity index (χ2v) is 4.71. The van der Waals surface area contributed by atoms with Crippen LogP contribution in [0.2, 0.25) is 0 Å². The molecule has 3 heteroatoms. The first kappa shape index (κ1) is 12.7. The van der Waals surface area contributed by atoms with Gasteiger partial charge in [-0.2, -0.15) is 0 Å². The molecule has 1 aromatic rings. The quantitative estimate of drug-likeness (QED) is 0.826. The molecule has 0 bridgehead atoms. The molecule has 17 heavy (non-hydrogen) atoms. The Morgan fingerprint density at radius 1 is 1.47 bits per heavy atom. The summed E-state index contributed by atoms with van der Waals surface area (Å²) < 4.78 is 11.1. The molecule has 2 rings (SSSR count). The Bertz CT molecular complexity index is 329. The Kier molecular flexibility index (Phi) is 4.63. The molecule has 1 aromatic heterocycles. The number of hydrogen-bond acceptors (Lipinski definition) is 3. The van der Waals surface area contributed by atoms with E-state index in [0.717, 1.165) is 44.8 Å². The first-order chi connectivity index (χ1) is 8.36. The van der Waals surface area contributed by atoms with Gasteiger partial charge < -0.3 is 14.5 Å². The molecule has 0 aromatic carbocycles. The van der Waals surface area contributed by atoms with Crippen LogP contribution in [0.5, 0.6) is 0 Å². The molecule has 0 saturated carbocycles. The number of aryl methyl sites for hydroxylation is 1. The molecule has 2 atom stereocenters. The lowest BCUT2D eigenvalue weighted by atomic mass is 9.92. The van der Waals surface area contributed by atoms with Crippen LogP contribution in [0.15, 0.2) is 16.7 Å². The third kappa shape index (κ3) is 2.90. The maximum atomic E-state index is 5.55. The van der Waals surface area contributed by atoms with Crippen LogP contribution in [0, 0.1) is 5.92 Å². The zero-order chi connectivity index (χ0) is 12.1. The van der Waals surface area contributed by atoms with Crippen LogP contribution in [0.4, 0.5) is 0 Å². The molecule has 0 aliphatic carbocycles. The van der Waals surface area contributed by atoms with Gasteiger partial charge in [-0.05, 0) is 25.5 Å². The summed E-state index contributed by atoms with van der Waals surface area (Å²) in [6.07, 6.45) is 5.07. The number of nitrogens with one attached hydrogen (secondary N) is 1. The van der Waals surface area contributed by atoms with Gasteiger partial charge in [-0.15, -0.1) is 0 Å². The number of hydrogen-bond donors (Lipinski definition) is 1. The van der Waals surface area contributed by atoms with Crippen LogP contribution in [0.1, 0.15) is 44.1 Å². The highest BCUT2D eigenvalue weighted by atomic mass is 16.5. The van der Waals surface area contributed by atoms with E-state index in [4.69, 9.17) is 9.15 Å². The summed E-state index contributed by atoms with van der Waals surface area (Å²) in [5.74, 6) is 1.70. The Balaban J connectivity index is 2.13. The first-order valence-electron chi connectivity index (χ1n) is 6.74. The summed E-state index contributed by atoms with van der Waals surface area (Å²) in [7, 11) is 0. The zero-order valence-corrected chi connectivity index (χ0v) is 10.9. The Morgan fingerprint density at radius 2 is 2.35 bits per heavy atom. The standard InChI is InChI=1S/C14H23NO2/c1-3-7-15-14(11-5-8-16-10-11)12-6-9-17-13(12)4-2/h6,9,11,14-15H,3-5,7-8,10H2,1-2H3. The van der Waals surface area contributed by atoms with E-state index in [1.807, 2.05) is 6.26 Å². The zero-order valence-electron chi connectivity index (χ0n) is 10.9. The third-order valence-corrected chi connectivity index (χ3v) is 3.49. The van der Waals surface area contributed by atoms with Crippen molar-refractivity contribution in [3.8, 4) is 0 Å². The summed E-state index contributed by atoms with van der Waals surface area (Å²) in [5, 5.41) is 3.65. The predicted molar refractivity (Wildman–Crippen MR) is 68.0 cm³/mol. The second kappa shape index (κ2) is 6.22. The molecule has 2 heterocycles. The smallest absolute Gasteiger partial charge is 0.108 e. The lowest BCUT2D eigenvalue weighted by Gasteiger charge is -2.23. The minimum Gasteiger partial charge on any atom is -0.469 e. The van der Waals surface area contributed by atoms with Gasteiger partial charge in [0.25, 0.3) is 0 Å². The molecule has 0 amide bonds. The normalized spacial score (nSPS) is 21.9. The van der Waals surface area contributed by atoms with Crippen LogP contribution in [-0.4, -0.2) is 19.8 Å².